The summed E-state index contributed by atoms with van der Waals surface area (Å²) in [7, 11) is 0. The summed E-state index contributed by atoms with van der Waals surface area (Å²) in [5, 5.41) is 9.18. The summed E-state index contributed by atoms with van der Waals surface area (Å²) >= 11 is 0. The Labute approximate surface area is 99.7 Å². The lowest BCUT2D eigenvalue weighted by Crippen LogP contribution is -2.27. The Balaban J connectivity index is 2.69. The second kappa shape index (κ2) is 4.35. The fraction of sp³-hybridized carbons (Fsp3) is 0.538. The Kier molecular flexibility index (Phi) is 3.05. The van der Waals surface area contributed by atoms with Gasteiger partial charge in [0.2, 0.25) is 0 Å². The normalized spacial score (nSPS) is 15.6. The van der Waals surface area contributed by atoms with E-state index in [-0.39, 0.29) is 11.5 Å². The predicted octanol–water partition coefficient (Wildman–Crippen LogP) is 2.21. The lowest BCUT2D eigenvalue weighted by Gasteiger charge is -2.29. The maximum absolute atomic E-state index is 11.8. The van der Waals surface area contributed by atoms with E-state index < -0.39 is 11.5 Å². The average Bonchev–Trinajstić information content (AvgIpc) is 2.19. The van der Waals surface area contributed by atoms with E-state index in [2.05, 4.69) is 4.98 Å². The molecule has 0 amide bonds. The standard InChI is InChI=1S/C13H17NO3/c1-3-9-7(2)10(8-5-4-6-8)11(13(16)17)12(15)14-9/h8H,3-6H2,1-2H3,(H,14,15)(H,16,17). The van der Waals surface area contributed by atoms with Gasteiger partial charge in [-0.15, -0.1) is 0 Å². The molecule has 92 valence electrons. The van der Waals surface area contributed by atoms with Crippen molar-refractivity contribution in [3.05, 3.63) is 32.7 Å². The molecule has 0 spiro atoms. The zero-order valence-electron chi connectivity index (χ0n) is 10.2. The van der Waals surface area contributed by atoms with Crippen molar-refractivity contribution in [1.29, 1.82) is 0 Å². The van der Waals surface area contributed by atoms with Crippen LogP contribution >= 0.6 is 0 Å². The van der Waals surface area contributed by atoms with Crippen LogP contribution in [-0.2, 0) is 6.42 Å². The summed E-state index contributed by atoms with van der Waals surface area (Å²) < 4.78 is 0. The van der Waals surface area contributed by atoms with Crippen molar-refractivity contribution in [1.82, 2.24) is 4.98 Å². The van der Waals surface area contributed by atoms with Crippen molar-refractivity contribution >= 4 is 5.97 Å². The number of carbonyl (C=O) groups is 1. The quantitative estimate of drug-likeness (QED) is 0.843. The van der Waals surface area contributed by atoms with E-state index in [0.717, 1.165) is 42.5 Å². The molecule has 1 heterocycles. The van der Waals surface area contributed by atoms with E-state index in [1.54, 1.807) is 0 Å². The molecule has 0 saturated heterocycles. The fourth-order valence-corrected chi connectivity index (χ4v) is 2.54. The van der Waals surface area contributed by atoms with E-state index in [1.165, 1.54) is 0 Å². The topological polar surface area (TPSA) is 70.2 Å². The fourth-order valence-electron chi connectivity index (χ4n) is 2.54. The molecular weight excluding hydrogens is 218 g/mol. The molecule has 0 aromatic carbocycles. The highest BCUT2D eigenvalue weighted by atomic mass is 16.4. The molecule has 2 N–H and O–H groups in total. The van der Waals surface area contributed by atoms with Crippen molar-refractivity contribution in [3.63, 3.8) is 0 Å². The minimum Gasteiger partial charge on any atom is -0.477 e. The molecule has 2 rings (SSSR count). The highest BCUT2D eigenvalue weighted by molar-refractivity contribution is 5.89. The average molecular weight is 235 g/mol. The molecule has 4 nitrogen and oxygen atoms in total. The molecule has 1 aliphatic carbocycles. The number of aryl methyl sites for hydroxylation is 1. The first kappa shape index (κ1) is 11.9. The van der Waals surface area contributed by atoms with Gasteiger partial charge in [-0.2, -0.15) is 0 Å². The first-order valence-corrected chi connectivity index (χ1v) is 6.05. The van der Waals surface area contributed by atoms with Crippen LogP contribution in [0.1, 0.15) is 59.3 Å². The number of hydrogen-bond donors (Lipinski definition) is 2. The van der Waals surface area contributed by atoms with Crippen LogP contribution in [0.3, 0.4) is 0 Å². The zero-order chi connectivity index (χ0) is 12.6. The molecule has 1 fully saturated rings. The van der Waals surface area contributed by atoms with Gasteiger partial charge < -0.3 is 10.1 Å². The monoisotopic (exact) mass is 235 g/mol. The van der Waals surface area contributed by atoms with Crippen LogP contribution in [0.5, 0.6) is 0 Å². The molecular formula is C13H17NO3. The van der Waals surface area contributed by atoms with Gasteiger partial charge in [0.25, 0.3) is 5.56 Å². The van der Waals surface area contributed by atoms with Crippen LogP contribution in [0.25, 0.3) is 0 Å². The Morgan fingerprint density at radius 1 is 1.47 bits per heavy atom. The maximum Gasteiger partial charge on any atom is 0.341 e. The van der Waals surface area contributed by atoms with Crippen LogP contribution in [0.2, 0.25) is 0 Å². The van der Waals surface area contributed by atoms with Crippen molar-refractivity contribution in [2.24, 2.45) is 0 Å². The molecule has 1 aliphatic rings. The summed E-state index contributed by atoms with van der Waals surface area (Å²) in [4.78, 5) is 25.7. The van der Waals surface area contributed by atoms with Crippen molar-refractivity contribution < 1.29 is 9.90 Å². The van der Waals surface area contributed by atoms with Crippen LogP contribution in [0, 0.1) is 6.92 Å². The summed E-state index contributed by atoms with van der Waals surface area (Å²) in [5.74, 6) is -0.854. The van der Waals surface area contributed by atoms with Gasteiger partial charge in [0.05, 0.1) is 0 Å². The van der Waals surface area contributed by atoms with Gasteiger partial charge in [0, 0.05) is 5.69 Å². The number of hydrogen-bond acceptors (Lipinski definition) is 2. The molecule has 1 aromatic rings. The number of pyridine rings is 1. The third-order valence-electron chi connectivity index (χ3n) is 3.70. The van der Waals surface area contributed by atoms with Crippen LogP contribution in [0.4, 0.5) is 0 Å². The Morgan fingerprint density at radius 2 is 2.12 bits per heavy atom. The zero-order valence-corrected chi connectivity index (χ0v) is 10.2. The Hall–Kier alpha value is -1.58. The maximum atomic E-state index is 11.8. The summed E-state index contributed by atoms with van der Waals surface area (Å²) in [6.07, 6.45) is 3.83. The second-order valence-electron chi connectivity index (χ2n) is 4.63. The van der Waals surface area contributed by atoms with Gasteiger partial charge in [-0.05, 0) is 43.2 Å². The summed E-state index contributed by atoms with van der Waals surface area (Å²) in [5.41, 5.74) is 2.08. The number of H-pyrrole nitrogens is 1. The van der Waals surface area contributed by atoms with Gasteiger partial charge in [-0.25, -0.2) is 4.79 Å². The van der Waals surface area contributed by atoms with Gasteiger partial charge in [0.15, 0.2) is 0 Å². The van der Waals surface area contributed by atoms with Gasteiger partial charge >= 0.3 is 5.97 Å². The summed E-state index contributed by atoms with van der Waals surface area (Å²) in [6.45, 7) is 3.87. The lowest BCUT2D eigenvalue weighted by molar-refractivity contribution is 0.0692. The highest BCUT2D eigenvalue weighted by Crippen LogP contribution is 2.39. The van der Waals surface area contributed by atoms with Crippen molar-refractivity contribution in [2.45, 2.75) is 45.4 Å². The minimum absolute atomic E-state index is 0.0515. The molecule has 0 aliphatic heterocycles. The molecule has 1 saturated carbocycles. The van der Waals surface area contributed by atoms with E-state index >= 15 is 0 Å². The lowest BCUT2D eigenvalue weighted by atomic mass is 9.76. The van der Waals surface area contributed by atoms with Crippen molar-refractivity contribution in [2.75, 3.05) is 0 Å². The molecule has 0 atom stereocenters. The molecule has 0 bridgehead atoms. The number of aromatic nitrogens is 1. The van der Waals surface area contributed by atoms with E-state index in [0.29, 0.717) is 0 Å². The van der Waals surface area contributed by atoms with Crippen molar-refractivity contribution in [3.8, 4) is 0 Å². The molecule has 4 heteroatoms. The number of carboxylic acids is 1. The largest absolute Gasteiger partial charge is 0.477 e. The van der Waals surface area contributed by atoms with Gasteiger partial charge in [-0.3, -0.25) is 4.79 Å². The van der Waals surface area contributed by atoms with E-state index in [9.17, 15) is 14.7 Å². The third-order valence-corrected chi connectivity index (χ3v) is 3.70. The number of aromatic carboxylic acids is 1. The van der Waals surface area contributed by atoms with E-state index in [4.69, 9.17) is 0 Å². The number of rotatable bonds is 3. The van der Waals surface area contributed by atoms with Crippen LogP contribution in [0.15, 0.2) is 4.79 Å². The SMILES string of the molecule is CCc1[nH]c(=O)c(C(=O)O)c(C2CCC2)c1C. The smallest absolute Gasteiger partial charge is 0.341 e. The minimum atomic E-state index is -1.11. The molecule has 0 unspecified atom stereocenters. The summed E-state index contributed by atoms with van der Waals surface area (Å²) in [6, 6.07) is 0. The first-order chi connectivity index (χ1) is 8.06. The molecule has 1 aromatic heterocycles. The van der Waals surface area contributed by atoms with Crippen LogP contribution < -0.4 is 5.56 Å². The molecule has 17 heavy (non-hydrogen) atoms. The number of carboxylic acid groups (broad SMARTS) is 1. The Morgan fingerprint density at radius 3 is 2.53 bits per heavy atom. The number of aromatic amines is 1. The Bertz CT molecular complexity index is 512. The van der Waals surface area contributed by atoms with E-state index in [1.807, 2.05) is 13.8 Å². The predicted molar refractivity (Wildman–Crippen MR) is 64.7 cm³/mol. The van der Waals surface area contributed by atoms with Crippen LogP contribution in [-0.4, -0.2) is 16.1 Å². The number of nitrogens with one attached hydrogen (secondary N) is 1. The highest BCUT2D eigenvalue weighted by Gasteiger charge is 2.29. The first-order valence-electron chi connectivity index (χ1n) is 6.05. The molecule has 0 radical (unpaired) electrons. The third kappa shape index (κ3) is 1.88. The van der Waals surface area contributed by atoms with Gasteiger partial charge in [0.1, 0.15) is 5.56 Å². The van der Waals surface area contributed by atoms with Gasteiger partial charge in [-0.1, -0.05) is 13.3 Å². The second-order valence-corrected chi connectivity index (χ2v) is 4.63.